The lowest BCUT2D eigenvalue weighted by molar-refractivity contribution is 0.338. The van der Waals surface area contributed by atoms with Crippen molar-refractivity contribution in [2.24, 2.45) is 5.41 Å². The van der Waals surface area contributed by atoms with E-state index in [0.717, 1.165) is 25.4 Å². The summed E-state index contributed by atoms with van der Waals surface area (Å²) in [6, 6.07) is 6.47. The minimum Gasteiger partial charge on any atom is -0.494 e. The molecule has 0 heterocycles. The summed E-state index contributed by atoms with van der Waals surface area (Å²) in [6.07, 6.45) is 2.68. The largest absolute Gasteiger partial charge is 0.494 e. The zero-order valence-corrected chi connectivity index (χ0v) is 12.6. The monoisotopic (exact) mass is 262 g/mol. The van der Waals surface area contributed by atoms with Gasteiger partial charge in [0.05, 0.1) is 6.61 Å². The SMILES string of the molecule is CCOc1ccc(N(C)CC2(CNC)CC2)cc1C. The molecular weight excluding hydrogens is 236 g/mol. The van der Waals surface area contributed by atoms with E-state index in [1.807, 2.05) is 14.0 Å². The highest BCUT2D eigenvalue weighted by Crippen LogP contribution is 2.46. The standard InChI is InChI=1S/C16H26N2O/c1-5-19-15-7-6-14(10-13(15)2)18(4)12-16(8-9-16)11-17-3/h6-7,10,17H,5,8-9,11-12H2,1-4H3. The van der Waals surface area contributed by atoms with Gasteiger partial charge in [-0.2, -0.15) is 0 Å². The Labute approximate surface area is 116 Å². The van der Waals surface area contributed by atoms with Crippen LogP contribution in [0.25, 0.3) is 0 Å². The average Bonchev–Trinajstić information content (AvgIpc) is 3.12. The van der Waals surface area contributed by atoms with E-state index in [0.29, 0.717) is 5.41 Å². The van der Waals surface area contributed by atoms with Gasteiger partial charge in [-0.15, -0.1) is 0 Å². The topological polar surface area (TPSA) is 24.5 Å². The molecule has 0 amide bonds. The Morgan fingerprint density at radius 3 is 2.63 bits per heavy atom. The number of nitrogens with one attached hydrogen (secondary N) is 1. The fourth-order valence-electron chi connectivity index (χ4n) is 2.73. The first-order valence-corrected chi connectivity index (χ1v) is 7.19. The molecule has 3 nitrogen and oxygen atoms in total. The van der Waals surface area contributed by atoms with E-state index in [2.05, 4.69) is 42.4 Å². The van der Waals surface area contributed by atoms with Crippen molar-refractivity contribution < 1.29 is 4.74 Å². The third kappa shape index (κ3) is 3.41. The lowest BCUT2D eigenvalue weighted by Gasteiger charge is -2.26. The number of anilines is 1. The third-order valence-corrected chi connectivity index (χ3v) is 3.98. The maximum absolute atomic E-state index is 5.59. The lowest BCUT2D eigenvalue weighted by Crippen LogP contribution is -2.32. The van der Waals surface area contributed by atoms with Crippen molar-refractivity contribution >= 4 is 5.69 Å². The summed E-state index contributed by atoms with van der Waals surface area (Å²) in [7, 11) is 4.23. The molecule has 1 aromatic rings. The van der Waals surface area contributed by atoms with Crippen LogP contribution in [0.15, 0.2) is 18.2 Å². The highest BCUT2D eigenvalue weighted by molar-refractivity contribution is 5.52. The van der Waals surface area contributed by atoms with Crippen molar-refractivity contribution in [1.29, 1.82) is 0 Å². The number of nitrogens with zero attached hydrogens (tertiary/aromatic N) is 1. The number of aryl methyl sites for hydroxylation is 1. The van der Waals surface area contributed by atoms with E-state index in [1.54, 1.807) is 0 Å². The maximum Gasteiger partial charge on any atom is 0.122 e. The second-order valence-corrected chi connectivity index (χ2v) is 5.77. The van der Waals surface area contributed by atoms with Gasteiger partial charge in [-0.1, -0.05) is 0 Å². The number of hydrogen-bond donors (Lipinski definition) is 1. The predicted molar refractivity (Wildman–Crippen MR) is 81.2 cm³/mol. The summed E-state index contributed by atoms with van der Waals surface area (Å²) < 4.78 is 5.59. The van der Waals surface area contributed by atoms with Crippen LogP contribution in [0.2, 0.25) is 0 Å². The second kappa shape index (κ2) is 5.83. The molecule has 3 heteroatoms. The van der Waals surface area contributed by atoms with E-state index in [9.17, 15) is 0 Å². The molecule has 0 radical (unpaired) electrons. The average molecular weight is 262 g/mol. The molecule has 19 heavy (non-hydrogen) atoms. The molecule has 0 aromatic heterocycles. The second-order valence-electron chi connectivity index (χ2n) is 5.77. The van der Waals surface area contributed by atoms with Gasteiger partial charge in [-0.05, 0) is 57.5 Å². The molecule has 1 aromatic carbocycles. The maximum atomic E-state index is 5.59. The molecule has 0 spiro atoms. The van der Waals surface area contributed by atoms with Crippen molar-refractivity contribution in [3.05, 3.63) is 23.8 Å². The molecule has 0 unspecified atom stereocenters. The van der Waals surface area contributed by atoms with Gasteiger partial charge in [0.25, 0.3) is 0 Å². The van der Waals surface area contributed by atoms with Crippen LogP contribution in [-0.2, 0) is 0 Å². The van der Waals surface area contributed by atoms with Crippen molar-refractivity contribution in [1.82, 2.24) is 5.32 Å². The number of rotatable bonds is 7. The van der Waals surface area contributed by atoms with Gasteiger partial charge in [0.15, 0.2) is 0 Å². The quantitative estimate of drug-likeness (QED) is 0.818. The molecule has 0 aliphatic heterocycles. The van der Waals surface area contributed by atoms with E-state index in [-0.39, 0.29) is 0 Å². The Balaban J connectivity index is 2.03. The fraction of sp³-hybridized carbons (Fsp3) is 0.625. The van der Waals surface area contributed by atoms with Crippen LogP contribution in [0.5, 0.6) is 5.75 Å². The Hall–Kier alpha value is -1.22. The smallest absolute Gasteiger partial charge is 0.122 e. The minimum absolute atomic E-state index is 0.496. The van der Waals surface area contributed by atoms with E-state index in [4.69, 9.17) is 4.74 Å². The van der Waals surface area contributed by atoms with Crippen molar-refractivity contribution in [2.75, 3.05) is 38.7 Å². The van der Waals surface area contributed by atoms with E-state index < -0.39 is 0 Å². The summed E-state index contributed by atoms with van der Waals surface area (Å²) in [5.74, 6) is 0.996. The van der Waals surface area contributed by atoms with Crippen molar-refractivity contribution in [3.63, 3.8) is 0 Å². The molecule has 1 aliphatic carbocycles. The van der Waals surface area contributed by atoms with Gasteiger partial charge in [0.1, 0.15) is 5.75 Å². The molecular formula is C16H26N2O. The van der Waals surface area contributed by atoms with Crippen LogP contribution in [0.4, 0.5) is 5.69 Å². The van der Waals surface area contributed by atoms with Crippen LogP contribution < -0.4 is 15.0 Å². The number of benzene rings is 1. The highest BCUT2D eigenvalue weighted by atomic mass is 16.5. The van der Waals surface area contributed by atoms with Crippen LogP contribution in [0.3, 0.4) is 0 Å². The van der Waals surface area contributed by atoms with Crippen LogP contribution in [-0.4, -0.2) is 33.8 Å². The first-order chi connectivity index (χ1) is 9.10. The van der Waals surface area contributed by atoms with Crippen molar-refractivity contribution in [3.8, 4) is 5.75 Å². The zero-order chi connectivity index (χ0) is 13.9. The van der Waals surface area contributed by atoms with Gasteiger partial charge >= 0.3 is 0 Å². The number of hydrogen-bond acceptors (Lipinski definition) is 3. The molecule has 2 rings (SSSR count). The normalized spacial score (nSPS) is 16.2. The van der Waals surface area contributed by atoms with Crippen LogP contribution in [0, 0.1) is 12.3 Å². The Kier molecular flexibility index (Phi) is 4.35. The molecule has 1 N–H and O–H groups in total. The first-order valence-electron chi connectivity index (χ1n) is 7.19. The van der Waals surface area contributed by atoms with E-state index >= 15 is 0 Å². The molecule has 106 valence electrons. The van der Waals surface area contributed by atoms with E-state index in [1.165, 1.54) is 24.1 Å². The summed E-state index contributed by atoms with van der Waals surface area (Å²) in [5.41, 5.74) is 2.99. The van der Waals surface area contributed by atoms with Crippen LogP contribution >= 0.6 is 0 Å². The van der Waals surface area contributed by atoms with Gasteiger partial charge in [-0.3, -0.25) is 0 Å². The van der Waals surface area contributed by atoms with Gasteiger partial charge in [-0.25, -0.2) is 0 Å². The zero-order valence-electron chi connectivity index (χ0n) is 12.6. The molecule has 1 saturated carbocycles. The summed E-state index contributed by atoms with van der Waals surface area (Å²) in [5, 5.41) is 3.32. The Morgan fingerprint density at radius 2 is 2.11 bits per heavy atom. The first kappa shape index (κ1) is 14.2. The highest BCUT2D eigenvalue weighted by Gasteiger charge is 2.42. The van der Waals surface area contributed by atoms with Gasteiger partial charge in [0, 0.05) is 31.2 Å². The van der Waals surface area contributed by atoms with Crippen molar-refractivity contribution in [2.45, 2.75) is 26.7 Å². The summed E-state index contributed by atoms with van der Waals surface area (Å²) >= 11 is 0. The van der Waals surface area contributed by atoms with Crippen LogP contribution in [0.1, 0.15) is 25.3 Å². The summed E-state index contributed by atoms with van der Waals surface area (Å²) in [6.45, 7) is 7.10. The molecule has 0 saturated heterocycles. The molecule has 0 bridgehead atoms. The summed E-state index contributed by atoms with van der Waals surface area (Å²) in [4.78, 5) is 2.37. The Morgan fingerprint density at radius 1 is 1.37 bits per heavy atom. The minimum atomic E-state index is 0.496. The molecule has 1 aliphatic rings. The third-order valence-electron chi connectivity index (χ3n) is 3.98. The Bertz CT molecular complexity index is 427. The van der Waals surface area contributed by atoms with Gasteiger partial charge < -0.3 is 15.0 Å². The van der Waals surface area contributed by atoms with Gasteiger partial charge in [0.2, 0.25) is 0 Å². The molecule has 0 atom stereocenters. The lowest BCUT2D eigenvalue weighted by atomic mass is 10.1. The number of ether oxygens (including phenoxy) is 1. The molecule has 1 fully saturated rings. The fourth-order valence-corrected chi connectivity index (χ4v) is 2.73. The predicted octanol–water partition coefficient (Wildman–Crippen LogP) is 2.83.